The third kappa shape index (κ3) is 3.63. The van der Waals surface area contributed by atoms with Gasteiger partial charge in [0.25, 0.3) is 5.91 Å². The molecule has 1 saturated heterocycles. The number of urea groups is 1. The average molecular weight is 401 g/mol. The van der Waals surface area contributed by atoms with Gasteiger partial charge in [-0.05, 0) is 43.4 Å². The van der Waals surface area contributed by atoms with Gasteiger partial charge in [-0.1, -0.05) is 25.8 Å². The molecule has 2 heterocycles. The monoisotopic (exact) mass is 401 g/mol. The van der Waals surface area contributed by atoms with Gasteiger partial charge < -0.3 is 20.1 Å². The summed E-state index contributed by atoms with van der Waals surface area (Å²) in [5.74, 6) is 0.793. The van der Waals surface area contributed by atoms with Gasteiger partial charge in [0, 0.05) is 6.04 Å². The molecule has 4 rings (SSSR count). The van der Waals surface area contributed by atoms with Crippen LogP contribution in [0.1, 0.15) is 45.1 Å². The fraction of sp³-hybridized carbons (Fsp3) is 0.571. The topological polar surface area (TPSA) is 97.0 Å². The number of benzene rings is 1. The van der Waals surface area contributed by atoms with E-state index in [1.54, 1.807) is 25.1 Å². The molecule has 2 N–H and O–H groups in total. The van der Waals surface area contributed by atoms with Crippen molar-refractivity contribution in [2.75, 3.05) is 19.8 Å². The van der Waals surface area contributed by atoms with Crippen molar-refractivity contribution in [3.8, 4) is 11.5 Å². The Balaban J connectivity index is 1.47. The van der Waals surface area contributed by atoms with E-state index in [0.717, 1.165) is 24.2 Å². The second-order valence-electron chi connectivity index (χ2n) is 8.24. The Morgan fingerprint density at radius 1 is 1.21 bits per heavy atom. The lowest BCUT2D eigenvalue weighted by Crippen LogP contribution is -2.47. The summed E-state index contributed by atoms with van der Waals surface area (Å²) in [4.78, 5) is 39.1. The minimum atomic E-state index is -1.26. The standard InChI is InChI=1S/C21H27N3O5/c1-13-5-3-4-6-15(13)22-18(25)12-24-19(26)21(2,23-20(24)27)14-7-8-16-17(11-14)29-10-9-28-16/h7-8,11,13,15H,3-6,9-10,12H2,1-2H3,(H,22,25)(H,23,27)/t13-,15-,21+/m1/s1. The molecule has 2 aliphatic heterocycles. The highest BCUT2D eigenvalue weighted by Crippen LogP contribution is 2.36. The summed E-state index contributed by atoms with van der Waals surface area (Å²) in [6.07, 6.45) is 4.27. The van der Waals surface area contributed by atoms with Crippen molar-refractivity contribution in [2.45, 2.75) is 51.1 Å². The lowest BCUT2D eigenvalue weighted by molar-refractivity contribution is -0.135. The Kier molecular flexibility index (Phi) is 5.10. The predicted molar refractivity (Wildman–Crippen MR) is 105 cm³/mol. The highest BCUT2D eigenvalue weighted by atomic mass is 16.6. The van der Waals surface area contributed by atoms with Crippen molar-refractivity contribution >= 4 is 17.8 Å². The largest absolute Gasteiger partial charge is 0.486 e. The highest BCUT2D eigenvalue weighted by Gasteiger charge is 2.50. The highest BCUT2D eigenvalue weighted by molar-refractivity contribution is 6.09. The first kappa shape index (κ1) is 19.5. The van der Waals surface area contributed by atoms with Gasteiger partial charge in [0.2, 0.25) is 5.91 Å². The first-order chi connectivity index (χ1) is 13.9. The van der Waals surface area contributed by atoms with Crippen LogP contribution in [0.4, 0.5) is 4.79 Å². The number of imide groups is 1. The summed E-state index contributed by atoms with van der Waals surface area (Å²) in [6.45, 7) is 4.38. The Hall–Kier alpha value is -2.77. The van der Waals surface area contributed by atoms with Gasteiger partial charge >= 0.3 is 6.03 Å². The van der Waals surface area contributed by atoms with Crippen LogP contribution in [0.5, 0.6) is 11.5 Å². The molecule has 1 aliphatic carbocycles. The molecule has 3 aliphatic rings. The van der Waals surface area contributed by atoms with Gasteiger partial charge in [-0.3, -0.25) is 14.5 Å². The normalized spacial score (nSPS) is 28.8. The molecule has 2 fully saturated rings. The average Bonchev–Trinajstić information content (AvgIpc) is 2.93. The third-order valence-electron chi connectivity index (χ3n) is 6.15. The molecule has 156 valence electrons. The van der Waals surface area contributed by atoms with Gasteiger partial charge in [-0.15, -0.1) is 0 Å². The molecule has 0 bridgehead atoms. The zero-order chi connectivity index (χ0) is 20.6. The van der Waals surface area contributed by atoms with Crippen molar-refractivity contribution in [3.63, 3.8) is 0 Å². The van der Waals surface area contributed by atoms with Gasteiger partial charge in [0.05, 0.1) is 0 Å². The maximum atomic E-state index is 13.1. The van der Waals surface area contributed by atoms with Crippen LogP contribution in [0, 0.1) is 5.92 Å². The Labute approximate surface area is 169 Å². The minimum absolute atomic E-state index is 0.0983. The smallest absolute Gasteiger partial charge is 0.325 e. The molecular formula is C21H27N3O5. The lowest BCUT2D eigenvalue weighted by Gasteiger charge is -2.30. The van der Waals surface area contributed by atoms with E-state index in [-0.39, 0.29) is 18.5 Å². The van der Waals surface area contributed by atoms with Crippen LogP contribution in [0.2, 0.25) is 0 Å². The van der Waals surface area contributed by atoms with Crippen LogP contribution >= 0.6 is 0 Å². The molecule has 0 radical (unpaired) electrons. The molecular weight excluding hydrogens is 374 g/mol. The first-order valence-electron chi connectivity index (χ1n) is 10.2. The molecule has 8 nitrogen and oxygen atoms in total. The van der Waals surface area contributed by atoms with Crippen LogP contribution in [-0.2, 0) is 15.1 Å². The molecule has 3 atom stereocenters. The molecule has 8 heteroatoms. The van der Waals surface area contributed by atoms with E-state index >= 15 is 0 Å². The van der Waals surface area contributed by atoms with E-state index in [2.05, 4.69) is 17.6 Å². The Morgan fingerprint density at radius 2 is 1.93 bits per heavy atom. The molecule has 1 aromatic carbocycles. The Bertz CT molecular complexity index is 842. The minimum Gasteiger partial charge on any atom is -0.486 e. The fourth-order valence-corrected chi connectivity index (χ4v) is 4.32. The lowest BCUT2D eigenvalue weighted by atomic mass is 9.86. The molecule has 0 aromatic heterocycles. The molecule has 1 aromatic rings. The quantitative estimate of drug-likeness (QED) is 0.752. The third-order valence-corrected chi connectivity index (χ3v) is 6.15. The summed E-state index contributed by atoms with van der Waals surface area (Å²) >= 11 is 0. The van der Waals surface area contributed by atoms with E-state index in [4.69, 9.17) is 9.47 Å². The van der Waals surface area contributed by atoms with E-state index in [9.17, 15) is 14.4 Å². The number of nitrogens with one attached hydrogen (secondary N) is 2. The Morgan fingerprint density at radius 3 is 2.69 bits per heavy atom. The number of amides is 4. The van der Waals surface area contributed by atoms with Crippen molar-refractivity contribution in [3.05, 3.63) is 23.8 Å². The number of carbonyl (C=O) groups is 3. The number of rotatable bonds is 4. The molecule has 4 amide bonds. The number of carbonyl (C=O) groups excluding carboxylic acids is 3. The van der Waals surface area contributed by atoms with Gasteiger partial charge in [0.15, 0.2) is 11.5 Å². The van der Waals surface area contributed by atoms with E-state index in [1.807, 2.05) is 0 Å². The van der Waals surface area contributed by atoms with E-state index in [1.165, 1.54) is 6.42 Å². The van der Waals surface area contributed by atoms with E-state index < -0.39 is 17.5 Å². The maximum absolute atomic E-state index is 13.1. The van der Waals surface area contributed by atoms with Gasteiger partial charge in [0.1, 0.15) is 25.3 Å². The predicted octanol–water partition coefficient (Wildman–Crippen LogP) is 1.92. The number of hydrogen-bond donors (Lipinski definition) is 2. The maximum Gasteiger partial charge on any atom is 0.325 e. The number of ether oxygens (including phenoxy) is 2. The van der Waals surface area contributed by atoms with Crippen molar-refractivity contribution in [1.82, 2.24) is 15.5 Å². The summed E-state index contributed by atoms with van der Waals surface area (Å²) in [5, 5.41) is 5.73. The SMILES string of the molecule is C[C@@H]1CCCC[C@H]1NC(=O)CN1C(=O)N[C@@](C)(c2ccc3c(c2)OCCO3)C1=O. The number of hydrogen-bond acceptors (Lipinski definition) is 5. The van der Waals surface area contributed by atoms with Crippen molar-refractivity contribution in [2.24, 2.45) is 5.92 Å². The number of nitrogens with zero attached hydrogens (tertiary/aromatic N) is 1. The van der Waals surface area contributed by atoms with Crippen LogP contribution < -0.4 is 20.1 Å². The van der Waals surface area contributed by atoms with Crippen molar-refractivity contribution in [1.29, 1.82) is 0 Å². The van der Waals surface area contributed by atoms with Crippen molar-refractivity contribution < 1.29 is 23.9 Å². The van der Waals surface area contributed by atoms with Gasteiger partial charge in [-0.25, -0.2) is 4.79 Å². The van der Waals surface area contributed by atoms with Crippen LogP contribution in [0.3, 0.4) is 0 Å². The molecule has 0 unspecified atom stereocenters. The van der Waals surface area contributed by atoms with Gasteiger partial charge in [-0.2, -0.15) is 0 Å². The molecule has 1 saturated carbocycles. The summed E-state index contributed by atoms with van der Waals surface area (Å²) < 4.78 is 11.1. The fourth-order valence-electron chi connectivity index (χ4n) is 4.32. The zero-order valence-corrected chi connectivity index (χ0v) is 16.8. The summed E-state index contributed by atoms with van der Waals surface area (Å²) in [6, 6.07) is 4.70. The van der Waals surface area contributed by atoms with Crippen LogP contribution in [0.15, 0.2) is 18.2 Å². The molecule has 29 heavy (non-hydrogen) atoms. The molecule has 0 spiro atoms. The second-order valence-corrected chi connectivity index (χ2v) is 8.24. The zero-order valence-electron chi connectivity index (χ0n) is 16.8. The van der Waals surface area contributed by atoms with Crippen LogP contribution in [0.25, 0.3) is 0 Å². The first-order valence-corrected chi connectivity index (χ1v) is 10.2. The summed E-state index contributed by atoms with van der Waals surface area (Å²) in [7, 11) is 0. The number of fused-ring (bicyclic) bond motifs is 1. The van der Waals surface area contributed by atoms with Crippen LogP contribution in [-0.4, -0.2) is 48.5 Å². The summed E-state index contributed by atoms with van der Waals surface area (Å²) in [5.41, 5.74) is -0.672. The second kappa shape index (κ2) is 7.57. The van der Waals surface area contributed by atoms with E-state index in [0.29, 0.717) is 36.2 Å².